The van der Waals surface area contributed by atoms with E-state index < -0.39 is 6.10 Å². The van der Waals surface area contributed by atoms with Crippen molar-refractivity contribution in [1.82, 2.24) is 4.90 Å². The molecule has 5 heteroatoms. The summed E-state index contributed by atoms with van der Waals surface area (Å²) in [4.78, 5) is 2.25. The molecule has 0 unspecified atom stereocenters. The van der Waals surface area contributed by atoms with Crippen LogP contribution in [0, 0.1) is 5.82 Å². The third kappa shape index (κ3) is 4.49. The van der Waals surface area contributed by atoms with Gasteiger partial charge in [0.1, 0.15) is 24.3 Å². The Hall–Kier alpha value is -2.73. The van der Waals surface area contributed by atoms with Crippen LogP contribution in [-0.2, 0) is 0 Å². The largest absolute Gasteiger partial charge is 0.490 e. The summed E-state index contributed by atoms with van der Waals surface area (Å²) in [6.07, 6.45) is 2.61. The number of nitrogens with zero attached hydrogens (tertiary/aromatic N) is 1. The van der Waals surface area contributed by atoms with E-state index in [9.17, 15) is 9.50 Å². The fraction of sp³-hybridized carbons (Fsp3) is 0.231. The molecule has 0 fully saturated rings. The minimum absolute atomic E-state index is 0.206. The summed E-state index contributed by atoms with van der Waals surface area (Å²) in [6.45, 7) is 2.56. The third-order valence-corrected chi connectivity index (χ3v) is 6.70. The quantitative estimate of drug-likeness (QED) is 0.422. The first-order chi connectivity index (χ1) is 15.2. The van der Waals surface area contributed by atoms with Crippen LogP contribution in [0.3, 0.4) is 0 Å². The maximum absolute atomic E-state index is 13.4. The second-order valence-electron chi connectivity index (χ2n) is 8.00. The monoisotopic (exact) mass is 433 g/mol. The Kier molecular flexibility index (Phi) is 5.72. The fourth-order valence-electron chi connectivity index (χ4n) is 4.18. The summed E-state index contributed by atoms with van der Waals surface area (Å²) in [6, 6.07) is 19.2. The van der Waals surface area contributed by atoms with Gasteiger partial charge < -0.3 is 9.84 Å². The number of hydrogen-bond donors (Lipinski definition) is 1. The molecule has 1 atom stereocenters. The van der Waals surface area contributed by atoms with Crippen LogP contribution >= 0.6 is 11.3 Å². The van der Waals surface area contributed by atoms with Crippen molar-refractivity contribution >= 4 is 37.8 Å². The van der Waals surface area contributed by atoms with Gasteiger partial charge in [-0.3, -0.25) is 4.90 Å². The number of benzene rings is 3. The topological polar surface area (TPSA) is 32.7 Å². The molecule has 1 aliphatic rings. The fourth-order valence-corrected chi connectivity index (χ4v) is 4.99. The molecule has 4 aromatic rings. The smallest absolute Gasteiger partial charge is 0.128 e. The van der Waals surface area contributed by atoms with Crippen LogP contribution in [0.4, 0.5) is 4.39 Å². The highest BCUT2D eigenvalue weighted by atomic mass is 32.1. The van der Waals surface area contributed by atoms with Gasteiger partial charge in [0.15, 0.2) is 0 Å². The molecule has 3 aromatic carbocycles. The van der Waals surface area contributed by atoms with Gasteiger partial charge >= 0.3 is 0 Å². The van der Waals surface area contributed by atoms with Crippen molar-refractivity contribution in [2.24, 2.45) is 0 Å². The first kappa shape index (κ1) is 20.2. The Balaban J connectivity index is 1.18. The molecule has 0 radical (unpaired) electrons. The summed E-state index contributed by atoms with van der Waals surface area (Å²) >= 11 is 1.69. The highest BCUT2D eigenvalue weighted by Crippen LogP contribution is 2.30. The summed E-state index contributed by atoms with van der Waals surface area (Å²) in [5.41, 5.74) is 2.49. The van der Waals surface area contributed by atoms with Crippen LogP contribution in [0.1, 0.15) is 12.0 Å². The molecule has 1 aromatic heterocycles. The maximum Gasteiger partial charge on any atom is 0.128 e. The van der Waals surface area contributed by atoms with Crippen molar-refractivity contribution in [2.75, 3.05) is 26.2 Å². The summed E-state index contributed by atoms with van der Waals surface area (Å²) in [5, 5.41) is 15.6. The molecule has 3 nitrogen and oxygen atoms in total. The predicted octanol–water partition coefficient (Wildman–Crippen LogP) is 5.72. The lowest BCUT2D eigenvalue weighted by Crippen LogP contribution is -2.38. The van der Waals surface area contributed by atoms with Crippen molar-refractivity contribution in [3.8, 4) is 5.75 Å². The third-order valence-electron chi connectivity index (χ3n) is 5.82. The normalized spacial score (nSPS) is 15.9. The van der Waals surface area contributed by atoms with Gasteiger partial charge in [-0.1, -0.05) is 30.3 Å². The van der Waals surface area contributed by atoms with Crippen LogP contribution < -0.4 is 4.74 Å². The zero-order chi connectivity index (χ0) is 21.2. The standard InChI is InChI=1S/C26H24FNO2S/c27-22-7-6-20-14-19(4-5-21(20)15-22)18-8-11-28(12-9-18)16-23(29)17-30-25-2-1-3-26-24(25)10-13-31-26/h1-8,10,13-15,23,29H,9,11-12,16-17H2/t23-/m0/s1. The van der Waals surface area contributed by atoms with Gasteiger partial charge in [0.2, 0.25) is 0 Å². The number of halogens is 1. The van der Waals surface area contributed by atoms with Gasteiger partial charge in [0.25, 0.3) is 0 Å². The Morgan fingerprint density at radius 1 is 1.06 bits per heavy atom. The van der Waals surface area contributed by atoms with Crippen molar-refractivity contribution in [3.63, 3.8) is 0 Å². The van der Waals surface area contributed by atoms with Crippen molar-refractivity contribution in [3.05, 3.63) is 83.5 Å². The van der Waals surface area contributed by atoms with Crippen LogP contribution in [0.5, 0.6) is 5.75 Å². The SMILES string of the molecule is O[C@H](COc1cccc2sccc12)CN1CC=C(c2ccc3cc(F)ccc3c2)CC1. The first-order valence-electron chi connectivity index (χ1n) is 10.5. The molecule has 0 aliphatic carbocycles. The number of aliphatic hydroxyl groups excluding tert-OH is 1. The zero-order valence-electron chi connectivity index (χ0n) is 17.1. The lowest BCUT2D eigenvalue weighted by molar-refractivity contribution is 0.0722. The molecular weight excluding hydrogens is 409 g/mol. The van der Waals surface area contributed by atoms with Gasteiger partial charge in [0, 0.05) is 29.7 Å². The van der Waals surface area contributed by atoms with E-state index in [0.29, 0.717) is 6.54 Å². The van der Waals surface area contributed by atoms with Crippen LogP contribution in [0.2, 0.25) is 0 Å². The zero-order valence-corrected chi connectivity index (χ0v) is 17.9. The molecule has 0 saturated heterocycles. The molecule has 2 heterocycles. The molecule has 0 saturated carbocycles. The van der Waals surface area contributed by atoms with E-state index in [0.717, 1.165) is 41.4 Å². The minimum atomic E-state index is -0.542. The number of ether oxygens (including phenoxy) is 1. The van der Waals surface area contributed by atoms with Crippen LogP contribution in [-0.4, -0.2) is 42.4 Å². The predicted molar refractivity (Wildman–Crippen MR) is 126 cm³/mol. The Morgan fingerprint density at radius 3 is 2.81 bits per heavy atom. The van der Waals surface area contributed by atoms with Crippen molar-refractivity contribution < 1.29 is 14.2 Å². The van der Waals surface area contributed by atoms with Crippen LogP contribution in [0.25, 0.3) is 26.4 Å². The average Bonchev–Trinajstić information content (AvgIpc) is 3.27. The van der Waals surface area contributed by atoms with E-state index in [4.69, 9.17) is 4.74 Å². The molecule has 31 heavy (non-hydrogen) atoms. The molecule has 0 amide bonds. The number of rotatable bonds is 6. The number of hydrogen-bond acceptors (Lipinski definition) is 4. The van der Waals surface area contributed by atoms with Gasteiger partial charge in [0.05, 0.1) is 0 Å². The lowest BCUT2D eigenvalue weighted by atomic mass is 9.96. The highest BCUT2D eigenvalue weighted by Gasteiger charge is 2.17. The van der Waals surface area contributed by atoms with Gasteiger partial charge in [-0.25, -0.2) is 4.39 Å². The van der Waals surface area contributed by atoms with Crippen LogP contribution in [0.15, 0.2) is 72.1 Å². The van der Waals surface area contributed by atoms with Crippen molar-refractivity contribution in [1.29, 1.82) is 0 Å². The number of fused-ring (bicyclic) bond motifs is 2. The van der Waals surface area contributed by atoms with Gasteiger partial charge in [-0.2, -0.15) is 0 Å². The van der Waals surface area contributed by atoms with E-state index in [1.807, 2.05) is 24.3 Å². The molecule has 1 N–H and O–H groups in total. The summed E-state index contributed by atoms with van der Waals surface area (Å²) in [7, 11) is 0. The van der Waals surface area contributed by atoms with E-state index in [-0.39, 0.29) is 12.4 Å². The van der Waals surface area contributed by atoms with Crippen molar-refractivity contribution in [2.45, 2.75) is 12.5 Å². The van der Waals surface area contributed by atoms with Gasteiger partial charge in [-0.05, 0) is 70.1 Å². The highest BCUT2D eigenvalue weighted by molar-refractivity contribution is 7.17. The molecule has 5 rings (SSSR count). The van der Waals surface area contributed by atoms with E-state index >= 15 is 0 Å². The lowest BCUT2D eigenvalue weighted by Gasteiger charge is -2.28. The summed E-state index contributed by atoms with van der Waals surface area (Å²) in [5.74, 6) is 0.622. The molecule has 0 bridgehead atoms. The summed E-state index contributed by atoms with van der Waals surface area (Å²) < 4.78 is 20.5. The molecule has 0 spiro atoms. The van der Waals surface area contributed by atoms with E-state index in [1.54, 1.807) is 17.4 Å². The Labute approximate surface area is 185 Å². The molecule has 1 aliphatic heterocycles. The minimum Gasteiger partial charge on any atom is -0.490 e. The van der Waals surface area contributed by atoms with E-state index in [2.05, 4.69) is 40.6 Å². The van der Waals surface area contributed by atoms with Gasteiger partial charge in [-0.15, -0.1) is 11.3 Å². The molecular formula is C26H24FNO2S. The second kappa shape index (κ2) is 8.79. The Morgan fingerprint density at radius 2 is 1.94 bits per heavy atom. The Bertz CT molecular complexity index is 1250. The first-order valence-corrected chi connectivity index (χ1v) is 11.4. The number of aliphatic hydroxyl groups is 1. The molecule has 158 valence electrons. The maximum atomic E-state index is 13.4. The number of β-amino-alcohol motifs (C(OH)–C–C–N with tert-alkyl or cyclic N) is 1. The second-order valence-corrected chi connectivity index (χ2v) is 8.95. The average molecular weight is 434 g/mol. The van der Waals surface area contributed by atoms with E-state index in [1.165, 1.54) is 21.9 Å². The number of thiophene rings is 1.